The minimum absolute atomic E-state index is 0.180. The van der Waals surface area contributed by atoms with E-state index in [1.807, 2.05) is 45.2 Å². The van der Waals surface area contributed by atoms with E-state index in [0.717, 1.165) is 22.9 Å². The number of carbonyl (C=O) groups is 1. The second-order valence-corrected chi connectivity index (χ2v) is 8.04. The topological polar surface area (TPSA) is 83.6 Å². The predicted octanol–water partition coefficient (Wildman–Crippen LogP) is 3.39. The lowest BCUT2D eigenvalue weighted by Gasteiger charge is -2.18. The van der Waals surface area contributed by atoms with E-state index in [-0.39, 0.29) is 19.2 Å². The molecule has 0 radical (unpaired) electrons. The third-order valence-corrected chi connectivity index (χ3v) is 4.42. The van der Waals surface area contributed by atoms with Crippen LogP contribution < -0.4 is 10.1 Å². The fourth-order valence-corrected chi connectivity index (χ4v) is 2.48. The van der Waals surface area contributed by atoms with E-state index in [2.05, 4.69) is 24.1 Å². The zero-order valence-corrected chi connectivity index (χ0v) is 17.0. The predicted molar refractivity (Wildman–Crippen MR) is 107 cm³/mol. The third-order valence-electron chi connectivity index (χ3n) is 4.42. The van der Waals surface area contributed by atoms with E-state index < -0.39 is 11.5 Å². The molecule has 0 amide bonds. The number of rotatable bonds is 9. The summed E-state index contributed by atoms with van der Waals surface area (Å²) in [6, 6.07) is 6.09. The van der Waals surface area contributed by atoms with Gasteiger partial charge in [0.25, 0.3) is 0 Å². The van der Waals surface area contributed by atoms with E-state index in [1.54, 1.807) is 0 Å². The van der Waals surface area contributed by atoms with Gasteiger partial charge in [0.1, 0.15) is 25.1 Å². The number of ether oxygens (including phenoxy) is 2. The highest BCUT2D eigenvalue weighted by Crippen LogP contribution is 2.28. The molecule has 2 unspecified atom stereocenters. The van der Waals surface area contributed by atoms with Crippen molar-refractivity contribution in [1.29, 1.82) is 0 Å². The Morgan fingerprint density at radius 2 is 2.07 bits per heavy atom. The third kappa shape index (κ3) is 6.26. The van der Waals surface area contributed by atoms with Crippen LogP contribution >= 0.6 is 0 Å². The summed E-state index contributed by atoms with van der Waals surface area (Å²) in [6.07, 6.45) is 2.24. The number of hydrogen-bond donors (Lipinski definition) is 3. The number of benzene rings is 1. The van der Waals surface area contributed by atoms with E-state index in [4.69, 9.17) is 9.47 Å². The van der Waals surface area contributed by atoms with Crippen molar-refractivity contribution in [3.8, 4) is 5.75 Å². The number of nitrogens with one attached hydrogen (secondary N) is 2. The first kappa shape index (κ1) is 21.3. The molecule has 0 aliphatic carbocycles. The molecule has 1 heterocycles. The molecule has 2 rings (SSSR count). The first-order chi connectivity index (χ1) is 12.7. The minimum atomic E-state index is -0.602. The van der Waals surface area contributed by atoms with Crippen LogP contribution in [0, 0.1) is 5.41 Å². The molecule has 0 bridgehead atoms. The zero-order chi connectivity index (χ0) is 20.0. The Balaban J connectivity index is 2.03. The van der Waals surface area contributed by atoms with Crippen molar-refractivity contribution in [2.45, 2.75) is 59.8 Å². The van der Waals surface area contributed by atoms with Crippen LogP contribution in [-0.2, 0) is 16.1 Å². The van der Waals surface area contributed by atoms with Crippen LogP contribution in [0.4, 0.5) is 0 Å². The normalized spacial score (nSPS) is 14.1. The maximum atomic E-state index is 12.0. The molecule has 2 aromatic rings. The standard InChI is InChI=1S/C21H32N2O4/c1-6-14(2)23-11-16(24)13-26-19-10-15(9-18-17(19)7-8-22-18)12-27-20(25)21(3,4)5/h7-10,14,16,22-24H,6,11-13H2,1-5H3. The number of aromatic nitrogens is 1. The minimum Gasteiger partial charge on any atom is -0.490 e. The number of aliphatic hydroxyl groups excluding tert-OH is 1. The number of carbonyl (C=O) groups excluding carboxylic acids is 1. The first-order valence-corrected chi connectivity index (χ1v) is 9.52. The number of fused-ring (bicyclic) bond motifs is 1. The van der Waals surface area contributed by atoms with E-state index in [0.29, 0.717) is 18.3 Å². The van der Waals surface area contributed by atoms with Crippen molar-refractivity contribution >= 4 is 16.9 Å². The summed E-state index contributed by atoms with van der Waals surface area (Å²) in [6.45, 7) is 10.5. The number of hydrogen-bond acceptors (Lipinski definition) is 5. The summed E-state index contributed by atoms with van der Waals surface area (Å²) in [5.74, 6) is 0.418. The Labute approximate surface area is 161 Å². The van der Waals surface area contributed by atoms with Gasteiger partial charge in [-0.2, -0.15) is 0 Å². The second-order valence-electron chi connectivity index (χ2n) is 8.04. The van der Waals surface area contributed by atoms with Crippen molar-refractivity contribution in [2.75, 3.05) is 13.2 Å². The Hall–Kier alpha value is -2.05. The van der Waals surface area contributed by atoms with Crippen LogP contribution in [0.3, 0.4) is 0 Å². The van der Waals surface area contributed by atoms with Gasteiger partial charge in [-0.15, -0.1) is 0 Å². The summed E-state index contributed by atoms with van der Waals surface area (Å²) in [5, 5.41) is 14.3. The molecule has 27 heavy (non-hydrogen) atoms. The van der Waals surface area contributed by atoms with Gasteiger partial charge in [-0.1, -0.05) is 6.92 Å². The van der Waals surface area contributed by atoms with Crippen LogP contribution in [0.25, 0.3) is 10.9 Å². The summed E-state index contributed by atoms with van der Waals surface area (Å²) in [4.78, 5) is 15.2. The van der Waals surface area contributed by atoms with Crippen molar-refractivity contribution in [3.05, 3.63) is 30.0 Å². The maximum Gasteiger partial charge on any atom is 0.311 e. The average molecular weight is 376 g/mol. The summed E-state index contributed by atoms with van der Waals surface area (Å²) in [7, 11) is 0. The number of aliphatic hydroxyl groups is 1. The molecule has 0 fully saturated rings. The molecule has 3 N–H and O–H groups in total. The van der Waals surface area contributed by atoms with Gasteiger partial charge in [0.2, 0.25) is 0 Å². The largest absolute Gasteiger partial charge is 0.490 e. The Kier molecular flexibility index (Phi) is 7.27. The van der Waals surface area contributed by atoms with Gasteiger partial charge >= 0.3 is 5.97 Å². The van der Waals surface area contributed by atoms with Gasteiger partial charge < -0.3 is 24.9 Å². The fourth-order valence-electron chi connectivity index (χ4n) is 2.48. The van der Waals surface area contributed by atoms with Gasteiger partial charge in [-0.05, 0) is 57.9 Å². The van der Waals surface area contributed by atoms with Crippen LogP contribution in [0.1, 0.15) is 46.6 Å². The average Bonchev–Trinajstić information content (AvgIpc) is 3.09. The van der Waals surface area contributed by atoms with E-state index in [1.165, 1.54) is 0 Å². The van der Waals surface area contributed by atoms with Gasteiger partial charge in [0.15, 0.2) is 0 Å². The molecule has 0 spiro atoms. The van der Waals surface area contributed by atoms with Crippen molar-refractivity contribution in [1.82, 2.24) is 10.3 Å². The molecule has 0 saturated heterocycles. The van der Waals surface area contributed by atoms with Crippen molar-refractivity contribution < 1.29 is 19.4 Å². The van der Waals surface area contributed by atoms with E-state index in [9.17, 15) is 9.90 Å². The number of esters is 1. The first-order valence-electron chi connectivity index (χ1n) is 9.52. The quantitative estimate of drug-likeness (QED) is 0.584. The Morgan fingerprint density at radius 1 is 1.33 bits per heavy atom. The zero-order valence-electron chi connectivity index (χ0n) is 17.0. The van der Waals surface area contributed by atoms with Gasteiger partial charge in [-0.25, -0.2) is 0 Å². The van der Waals surface area contributed by atoms with Crippen LogP contribution in [0.5, 0.6) is 5.75 Å². The number of H-pyrrole nitrogens is 1. The van der Waals surface area contributed by atoms with Crippen LogP contribution in [0.15, 0.2) is 24.4 Å². The molecule has 0 aliphatic heterocycles. The highest BCUT2D eigenvalue weighted by atomic mass is 16.5. The van der Waals surface area contributed by atoms with Gasteiger partial charge in [0.05, 0.1) is 5.41 Å². The molecule has 1 aromatic heterocycles. The highest BCUT2D eigenvalue weighted by molar-refractivity contribution is 5.86. The van der Waals surface area contributed by atoms with Gasteiger partial charge in [-0.3, -0.25) is 4.79 Å². The SMILES string of the molecule is CCC(C)NCC(O)COc1cc(COC(=O)C(C)(C)C)cc2[nH]ccc12. The lowest BCUT2D eigenvalue weighted by atomic mass is 9.97. The fraction of sp³-hybridized carbons (Fsp3) is 0.571. The molecular formula is C21H32N2O4. The molecule has 0 aliphatic rings. The molecule has 0 saturated carbocycles. The summed E-state index contributed by atoms with van der Waals surface area (Å²) >= 11 is 0. The van der Waals surface area contributed by atoms with Crippen molar-refractivity contribution in [2.24, 2.45) is 5.41 Å². The molecule has 6 heteroatoms. The summed E-state index contributed by atoms with van der Waals surface area (Å²) < 4.78 is 11.3. The van der Waals surface area contributed by atoms with Crippen molar-refractivity contribution in [3.63, 3.8) is 0 Å². The lowest BCUT2D eigenvalue weighted by molar-refractivity contribution is -0.154. The molecule has 150 valence electrons. The smallest absolute Gasteiger partial charge is 0.311 e. The molecule has 6 nitrogen and oxygen atoms in total. The Morgan fingerprint density at radius 3 is 2.74 bits per heavy atom. The van der Waals surface area contributed by atoms with E-state index >= 15 is 0 Å². The second kappa shape index (κ2) is 9.24. The maximum absolute atomic E-state index is 12.0. The monoisotopic (exact) mass is 376 g/mol. The van der Waals surface area contributed by atoms with Gasteiger partial charge in [0, 0.05) is 29.7 Å². The Bertz CT molecular complexity index is 748. The molecular weight excluding hydrogens is 344 g/mol. The van der Waals surface area contributed by atoms with Crippen LogP contribution in [0.2, 0.25) is 0 Å². The summed E-state index contributed by atoms with van der Waals surface area (Å²) in [5.41, 5.74) is 1.20. The van der Waals surface area contributed by atoms with Crippen LogP contribution in [-0.4, -0.2) is 41.4 Å². The number of aromatic amines is 1. The molecule has 1 aromatic carbocycles. The highest BCUT2D eigenvalue weighted by Gasteiger charge is 2.23. The molecule has 2 atom stereocenters. The lowest BCUT2D eigenvalue weighted by Crippen LogP contribution is -2.36.